The molecule has 0 bridgehead atoms. The van der Waals surface area contributed by atoms with Gasteiger partial charge in [-0.1, -0.05) is 24.3 Å². The van der Waals surface area contributed by atoms with E-state index in [-0.39, 0.29) is 36.8 Å². The van der Waals surface area contributed by atoms with Crippen molar-refractivity contribution in [3.63, 3.8) is 0 Å². The number of ether oxygens (including phenoxy) is 1. The van der Waals surface area contributed by atoms with E-state index in [0.717, 1.165) is 5.56 Å². The number of phenolic OH excluding ortho intramolecular Hbond substituents is 2. The molecule has 8 N–H and O–H groups in total. The minimum Gasteiger partial charge on any atom is -0.508 e. The zero-order valence-corrected chi connectivity index (χ0v) is 25.8. The van der Waals surface area contributed by atoms with Crippen molar-refractivity contribution in [3.8, 4) is 11.5 Å². The number of esters is 1. The van der Waals surface area contributed by atoms with Crippen LogP contribution in [0.3, 0.4) is 0 Å². The highest BCUT2D eigenvalue weighted by atomic mass is 16.5. The van der Waals surface area contributed by atoms with Crippen LogP contribution in [0.5, 0.6) is 11.5 Å². The van der Waals surface area contributed by atoms with Gasteiger partial charge in [-0.3, -0.25) is 24.2 Å². The molecule has 2 aromatic rings. The Kier molecular flexibility index (Phi) is 13.3. The van der Waals surface area contributed by atoms with E-state index in [1.54, 1.807) is 24.3 Å². The molecule has 248 valence electrons. The highest BCUT2D eigenvalue weighted by molar-refractivity contribution is 5.94. The summed E-state index contributed by atoms with van der Waals surface area (Å²) < 4.78 is 5.31. The molecule has 3 amide bonds. The highest BCUT2D eigenvalue weighted by Crippen LogP contribution is 2.21. The van der Waals surface area contributed by atoms with Crippen molar-refractivity contribution in [1.82, 2.24) is 15.5 Å². The van der Waals surface area contributed by atoms with E-state index in [9.17, 15) is 34.2 Å². The minimum atomic E-state index is -1.27. The van der Waals surface area contributed by atoms with Crippen molar-refractivity contribution in [1.29, 1.82) is 0 Å². The number of aryl methyl sites for hydroxylation is 1. The van der Waals surface area contributed by atoms with Gasteiger partial charge in [-0.25, -0.2) is 0 Å². The number of aliphatic imine (C=N–C) groups is 1. The molecule has 0 spiro atoms. The van der Waals surface area contributed by atoms with E-state index in [0.29, 0.717) is 50.5 Å². The molecule has 1 aliphatic heterocycles. The van der Waals surface area contributed by atoms with Crippen LogP contribution >= 0.6 is 0 Å². The molecule has 2 aromatic carbocycles. The van der Waals surface area contributed by atoms with Gasteiger partial charge in [0.2, 0.25) is 11.8 Å². The van der Waals surface area contributed by atoms with Crippen LogP contribution < -0.4 is 22.1 Å². The number of benzene rings is 2. The Morgan fingerprint density at radius 1 is 1.00 bits per heavy atom. The molecule has 14 nitrogen and oxygen atoms in total. The van der Waals surface area contributed by atoms with Gasteiger partial charge < -0.3 is 46.7 Å². The normalized spacial score (nSPS) is 16.0. The zero-order chi connectivity index (χ0) is 33.6. The fourth-order valence-electron chi connectivity index (χ4n) is 5.21. The lowest BCUT2D eigenvalue weighted by atomic mass is 10.0. The van der Waals surface area contributed by atoms with Gasteiger partial charge in [0, 0.05) is 26.4 Å². The van der Waals surface area contributed by atoms with E-state index in [2.05, 4.69) is 15.6 Å². The van der Waals surface area contributed by atoms with Gasteiger partial charge in [-0.15, -0.1) is 0 Å². The van der Waals surface area contributed by atoms with E-state index in [1.165, 1.54) is 36.1 Å². The molecule has 0 radical (unpaired) electrons. The quantitative estimate of drug-likeness (QED) is 0.0488. The Morgan fingerprint density at radius 2 is 1.63 bits per heavy atom. The van der Waals surface area contributed by atoms with Crippen molar-refractivity contribution >= 4 is 35.9 Å². The minimum absolute atomic E-state index is 0.00439. The molecule has 1 fully saturated rings. The maximum Gasteiger partial charge on any atom is 0.303 e. The summed E-state index contributed by atoms with van der Waals surface area (Å²) in [4.78, 5) is 69.6. The van der Waals surface area contributed by atoms with Gasteiger partial charge in [-0.05, 0) is 73.9 Å². The molecule has 3 rings (SSSR count). The fourth-order valence-corrected chi connectivity index (χ4v) is 5.21. The summed E-state index contributed by atoms with van der Waals surface area (Å²) in [5.74, 6) is -2.33. The first kappa shape index (κ1) is 35.3. The lowest BCUT2D eigenvalue weighted by Gasteiger charge is -2.30. The number of guanidine groups is 1. The molecule has 1 saturated heterocycles. The maximum atomic E-state index is 14.0. The first-order valence-corrected chi connectivity index (χ1v) is 15.1. The van der Waals surface area contributed by atoms with Crippen LogP contribution in [0.15, 0.2) is 53.5 Å². The van der Waals surface area contributed by atoms with Gasteiger partial charge in [-0.2, -0.15) is 0 Å². The monoisotopic (exact) mass is 638 g/mol. The van der Waals surface area contributed by atoms with Crippen molar-refractivity contribution in [2.24, 2.45) is 16.5 Å². The van der Waals surface area contributed by atoms with Crippen LogP contribution in [0.2, 0.25) is 0 Å². The highest BCUT2D eigenvalue weighted by Gasteiger charge is 2.39. The van der Waals surface area contributed by atoms with Gasteiger partial charge in [0.15, 0.2) is 12.1 Å². The number of likely N-dealkylation sites (tertiary alicyclic amines) is 1. The molecule has 0 aromatic heterocycles. The maximum absolute atomic E-state index is 14.0. The fraction of sp³-hybridized carbons (Fsp3) is 0.438. The van der Waals surface area contributed by atoms with Crippen molar-refractivity contribution in [2.75, 3.05) is 13.1 Å². The third-order valence-electron chi connectivity index (χ3n) is 7.53. The summed E-state index contributed by atoms with van der Waals surface area (Å²) in [7, 11) is 0. The lowest BCUT2D eigenvalue weighted by molar-refractivity contribution is -0.154. The number of aldehydes is 1. The van der Waals surface area contributed by atoms with Crippen molar-refractivity contribution in [3.05, 3.63) is 59.7 Å². The summed E-state index contributed by atoms with van der Waals surface area (Å²) in [6.45, 7) is 1.73. The number of carbonyl (C=O) groups excluding carboxylic acids is 5. The number of nitrogens with two attached hydrogens (primary N) is 2. The molecule has 1 aliphatic rings. The molecule has 46 heavy (non-hydrogen) atoms. The summed E-state index contributed by atoms with van der Waals surface area (Å²) in [5, 5.41) is 24.7. The van der Waals surface area contributed by atoms with E-state index in [1.807, 2.05) is 0 Å². The first-order chi connectivity index (χ1) is 22.0. The lowest BCUT2D eigenvalue weighted by Crippen LogP contribution is -2.56. The average Bonchev–Trinajstić information content (AvgIpc) is 3.52. The SMILES string of the molecule is CC(=O)O[C@@H](Cc1ccc(O)cc1)C(=O)N[C@H](CCc1ccc(O)cc1)C(=O)N1CCC[C@@H]1C(=O)N[C@H](C=O)CCCN=C(N)N. The Morgan fingerprint density at radius 3 is 2.22 bits per heavy atom. The number of aromatic hydroxyl groups is 2. The summed E-state index contributed by atoms with van der Waals surface area (Å²) in [5.41, 5.74) is 12.1. The Bertz CT molecular complexity index is 1380. The van der Waals surface area contributed by atoms with Crippen LogP contribution in [0.1, 0.15) is 50.2 Å². The molecule has 0 unspecified atom stereocenters. The van der Waals surface area contributed by atoms with E-state index >= 15 is 0 Å². The Balaban J connectivity index is 1.77. The topological polar surface area (TPSA) is 227 Å². The standard InChI is InChI=1S/C32H42N6O8/c1-20(40)46-28(18-22-8-13-25(42)14-9-22)30(44)37-26(15-10-21-6-11-24(41)12-7-21)31(45)38-17-3-5-27(38)29(43)36-23(19-39)4-2-16-35-32(33)34/h6-9,11-14,19,23,26-28,41-42H,2-5,10,15-18H2,1H3,(H,36,43)(H,37,44)(H4,33,34,35)/t23-,26+,27+,28-/m0/s1. The Hall–Kier alpha value is -5.14. The van der Waals surface area contributed by atoms with Gasteiger partial charge in [0.25, 0.3) is 5.91 Å². The van der Waals surface area contributed by atoms with Gasteiger partial charge in [0.05, 0.1) is 6.04 Å². The Labute approximate surface area is 267 Å². The van der Waals surface area contributed by atoms with Crippen LogP contribution in [0.4, 0.5) is 0 Å². The zero-order valence-electron chi connectivity index (χ0n) is 25.8. The largest absolute Gasteiger partial charge is 0.508 e. The molecule has 14 heteroatoms. The average molecular weight is 639 g/mol. The summed E-state index contributed by atoms with van der Waals surface area (Å²) in [6, 6.07) is 9.75. The van der Waals surface area contributed by atoms with Crippen molar-refractivity contribution in [2.45, 2.75) is 76.1 Å². The second-order valence-electron chi connectivity index (χ2n) is 11.1. The molecule has 0 saturated carbocycles. The molecular weight excluding hydrogens is 596 g/mol. The van der Waals surface area contributed by atoms with Crippen molar-refractivity contribution < 1.29 is 38.9 Å². The summed E-state index contributed by atoms with van der Waals surface area (Å²) >= 11 is 0. The number of nitrogens with zero attached hydrogens (tertiary/aromatic N) is 2. The third-order valence-corrected chi connectivity index (χ3v) is 7.53. The number of carbonyl (C=O) groups is 5. The number of rotatable bonds is 16. The predicted octanol–water partition coefficient (Wildman–Crippen LogP) is 0.418. The number of amides is 3. The third kappa shape index (κ3) is 11.1. The van der Waals surface area contributed by atoms with Gasteiger partial charge in [0.1, 0.15) is 29.9 Å². The number of nitrogens with one attached hydrogen (secondary N) is 2. The second kappa shape index (κ2) is 17.4. The number of phenols is 2. The summed E-state index contributed by atoms with van der Waals surface area (Å²) in [6.07, 6.45) is 1.51. The number of hydrogen-bond acceptors (Lipinski definition) is 9. The van der Waals surface area contributed by atoms with Crippen LogP contribution in [-0.2, 0) is 41.6 Å². The second-order valence-corrected chi connectivity index (χ2v) is 11.1. The first-order valence-electron chi connectivity index (χ1n) is 15.1. The predicted molar refractivity (Wildman–Crippen MR) is 168 cm³/mol. The smallest absolute Gasteiger partial charge is 0.303 e. The van der Waals surface area contributed by atoms with Crippen LogP contribution in [0, 0.1) is 0 Å². The van der Waals surface area contributed by atoms with E-state index in [4.69, 9.17) is 16.2 Å². The van der Waals surface area contributed by atoms with Gasteiger partial charge >= 0.3 is 5.97 Å². The number of hydrogen-bond donors (Lipinski definition) is 6. The van der Waals surface area contributed by atoms with Crippen LogP contribution in [-0.4, -0.2) is 88.4 Å². The molecular formula is C32H42N6O8. The molecule has 1 heterocycles. The molecule has 0 aliphatic carbocycles. The van der Waals surface area contributed by atoms with Crippen LogP contribution in [0.25, 0.3) is 0 Å². The van der Waals surface area contributed by atoms with E-state index < -0.39 is 47.9 Å². The molecule has 4 atom stereocenters.